The molecule has 0 aromatic rings. The van der Waals surface area contributed by atoms with Crippen molar-refractivity contribution in [3.63, 3.8) is 0 Å². The Hall–Kier alpha value is -0.290. The fraction of sp³-hybridized carbons (Fsp3) is 1.00. The van der Waals surface area contributed by atoms with Crippen LogP contribution in [0.15, 0.2) is 0 Å². The number of alkyl halides is 3. The first-order valence-electron chi connectivity index (χ1n) is 3.30. The molecule has 1 rings (SSSR count). The minimum absolute atomic E-state index is 0.491. The fourth-order valence-electron chi connectivity index (χ4n) is 1.43. The van der Waals surface area contributed by atoms with Gasteiger partial charge in [0.15, 0.2) is 0 Å². The Morgan fingerprint density at radius 3 is 1.45 bits per heavy atom. The average molecular weight is 170 g/mol. The van der Waals surface area contributed by atoms with Crippen LogP contribution in [0.3, 0.4) is 0 Å². The summed E-state index contributed by atoms with van der Waals surface area (Å²) in [5, 5.41) is 16.9. The zero-order chi connectivity index (χ0) is 8.65. The molecule has 5 heteroatoms. The first-order valence-corrected chi connectivity index (χ1v) is 3.30. The summed E-state index contributed by atoms with van der Waals surface area (Å²) in [6.45, 7) is -0.981. The van der Waals surface area contributed by atoms with E-state index in [4.69, 9.17) is 10.2 Å². The molecule has 0 radical (unpaired) electrons. The standard InChI is InChI=1S/C6H9F3O2/c7-6(8,9)5-3(1-10)4(5)2-11/h3-5,10-11H,1-2H2/t3-,4-/m1/s1. The highest BCUT2D eigenvalue weighted by Crippen LogP contribution is 2.54. The Bertz CT molecular complexity index is 135. The molecule has 0 aromatic carbocycles. The monoisotopic (exact) mass is 170 g/mol. The van der Waals surface area contributed by atoms with Crippen LogP contribution in [0.25, 0.3) is 0 Å². The van der Waals surface area contributed by atoms with E-state index in [1.54, 1.807) is 0 Å². The van der Waals surface area contributed by atoms with Crippen LogP contribution in [0.1, 0.15) is 0 Å². The number of aliphatic hydroxyl groups excluding tert-OH is 2. The molecule has 2 N–H and O–H groups in total. The maximum absolute atomic E-state index is 11.9. The maximum atomic E-state index is 11.9. The van der Waals surface area contributed by atoms with Crippen LogP contribution in [-0.4, -0.2) is 29.6 Å². The van der Waals surface area contributed by atoms with Gasteiger partial charge in [0.05, 0.1) is 5.92 Å². The highest BCUT2D eigenvalue weighted by atomic mass is 19.4. The lowest BCUT2D eigenvalue weighted by Gasteiger charge is -2.03. The van der Waals surface area contributed by atoms with E-state index in [0.717, 1.165) is 0 Å². The van der Waals surface area contributed by atoms with Gasteiger partial charge in [-0.15, -0.1) is 0 Å². The average Bonchev–Trinajstić information content (AvgIpc) is 2.58. The third-order valence-electron chi connectivity index (χ3n) is 2.13. The Morgan fingerprint density at radius 1 is 1.00 bits per heavy atom. The van der Waals surface area contributed by atoms with Gasteiger partial charge >= 0.3 is 6.18 Å². The molecule has 2 nitrogen and oxygen atoms in total. The molecule has 0 aliphatic heterocycles. The second kappa shape index (κ2) is 2.64. The lowest BCUT2D eigenvalue weighted by molar-refractivity contribution is -0.155. The van der Waals surface area contributed by atoms with Crippen molar-refractivity contribution in [1.82, 2.24) is 0 Å². The van der Waals surface area contributed by atoms with E-state index in [1.807, 2.05) is 0 Å². The van der Waals surface area contributed by atoms with Crippen LogP contribution in [-0.2, 0) is 0 Å². The normalized spacial score (nSPS) is 37.4. The molecule has 11 heavy (non-hydrogen) atoms. The largest absolute Gasteiger partial charge is 0.396 e. The molecule has 0 aromatic heterocycles. The summed E-state index contributed by atoms with van der Waals surface area (Å²) in [5.74, 6) is -3.04. The third kappa shape index (κ3) is 1.49. The van der Waals surface area contributed by atoms with Gasteiger partial charge in [-0.25, -0.2) is 0 Å². The van der Waals surface area contributed by atoms with Crippen LogP contribution in [0.4, 0.5) is 13.2 Å². The van der Waals surface area contributed by atoms with Gasteiger partial charge in [-0.05, 0) is 11.8 Å². The van der Waals surface area contributed by atoms with E-state index >= 15 is 0 Å². The lowest BCUT2D eigenvalue weighted by atomic mass is 10.3. The van der Waals surface area contributed by atoms with Crippen LogP contribution in [0.2, 0.25) is 0 Å². The quantitative estimate of drug-likeness (QED) is 0.629. The second-order valence-electron chi connectivity index (χ2n) is 2.76. The predicted octanol–water partition coefficient (Wildman–Crippen LogP) is 0.396. The molecule has 66 valence electrons. The van der Waals surface area contributed by atoms with Gasteiger partial charge in [0.2, 0.25) is 0 Å². The molecule has 0 spiro atoms. The van der Waals surface area contributed by atoms with Crippen molar-refractivity contribution in [2.45, 2.75) is 6.18 Å². The number of hydrogen-bond acceptors (Lipinski definition) is 2. The second-order valence-corrected chi connectivity index (χ2v) is 2.76. The topological polar surface area (TPSA) is 40.5 Å². The van der Waals surface area contributed by atoms with Gasteiger partial charge < -0.3 is 10.2 Å². The first kappa shape index (κ1) is 8.80. The Kier molecular flexibility index (Phi) is 2.11. The number of hydrogen-bond donors (Lipinski definition) is 2. The van der Waals surface area contributed by atoms with Crippen LogP contribution in [0, 0.1) is 17.8 Å². The van der Waals surface area contributed by atoms with E-state index in [0.29, 0.717) is 0 Å². The van der Waals surface area contributed by atoms with E-state index in [9.17, 15) is 13.2 Å². The maximum Gasteiger partial charge on any atom is 0.392 e. The summed E-state index contributed by atoms with van der Waals surface area (Å²) in [6.07, 6.45) is -4.26. The molecule has 0 unspecified atom stereocenters. The van der Waals surface area contributed by atoms with Gasteiger partial charge in [0.25, 0.3) is 0 Å². The molecule has 1 aliphatic rings. The van der Waals surface area contributed by atoms with E-state index in [1.165, 1.54) is 0 Å². The third-order valence-corrected chi connectivity index (χ3v) is 2.13. The van der Waals surface area contributed by atoms with Gasteiger partial charge in [0.1, 0.15) is 0 Å². The van der Waals surface area contributed by atoms with Crippen molar-refractivity contribution in [3.8, 4) is 0 Å². The van der Waals surface area contributed by atoms with Crippen molar-refractivity contribution in [1.29, 1.82) is 0 Å². The summed E-state index contributed by atoms with van der Waals surface area (Å²) in [5.41, 5.74) is 0. The van der Waals surface area contributed by atoms with Crippen LogP contribution in [0.5, 0.6) is 0 Å². The molecule has 1 saturated carbocycles. The highest BCUT2D eigenvalue weighted by Gasteiger charge is 2.63. The van der Waals surface area contributed by atoms with E-state index < -0.39 is 37.1 Å². The van der Waals surface area contributed by atoms with Crippen molar-refractivity contribution < 1.29 is 23.4 Å². The predicted molar refractivity (Wildman–Crippen MR) is 30.7 cm³/mol. The Labute approximate surface area is 61.6 Å². The van der Waals surface area contributed by atoms with Gasteiger partial charge in [-0.2, -0.15) is 13.2 Å². The molecule has 0 bridgehead atoms. The molecule has 0 heterocycles. The van der Waals surface area contributed by atoms with Gasteiger partial charge in [-0.3, -0.25) is 0 Å². The minimum Gasteiger partial charge on any atom is -0.396 e. The number of halogens is 3. The Morgan fingerprint density at radius 2 is 1.36 bits per heavy atom. The van der Waals surface area contributed by atoms with Crippen molar-refractivity contribution in [2.24, 2.45) is 17.8 Å². The van der Waals surface area contributed by atoms with Crippen LogP contribution >= 0.6 is 0 Å². The van der Waals surface area contributed by atoms with Gasteiger partial charge in [-0.1, -0.05) is 0 Å². The van der Waals surface area contributed by atoms with Crippen molar-refractivity contribution in [2.75, 3.05) is 13.2 Å². The van der Waals surface area contributed by atoms with Crippen molar-refractivity contribution in [3.05, 3.63) is 0 Å². The van der Waals surface area contributed by atoms with E-state index in [-0.39, 0.29) is 0 Å². The summed E-state index contributed by atoms with van der Waals surface area (Å²) >= 11 is 0. The molecule has 2 atom stereocenters. The molecule has 1 aliphatic carbocycles. The lowest BCUT2D eigenvalue weighted by Crippen LogP contribution is -2.14. The molecule has 0 amide bonds. The zero-order valence-electron chi connectivity index (χ0n) is 5.67. The minimum atomic E-state index is -4.26. The molecule has 0 saturated heterocycles. The highest BCUT2D eigenvalue weighted by molar-refractivity contribution is 5.00. The first-order chi connectivity index (χ1) is 5.02. The molecule has 1 fully saturated rings. The summed E-state index contributed by atoms with van der Waals surface area (Å²) in [4.78, 5) is 0. The Balaban J connectivity index is 2.51. The summed E-state index contributed by atoms with van der Waals surface area (Å²) in [7, 11) is 0. The van der Waals surface area contributed by atoms with Crippen LogP contribution < -0.4 is 0 Å². The summed E-state index contributed by atoms with van der Waals surface area (Å²) in [6, 6.07) is 0. The zero-order valence-corrected chi connectivity index (χ0v) is 5.67. The summed E-state index contributed by atoms with van der Waals surface area (Å²) < 4.78 is 35.7. The number of aliphatic hydroxyl groups is 2. The number of rotatable bonds is 2. The van der Waals surface area contributed by atoms with Gasteiger partial charge in [0, 0.05) is 13.2 Å². The molecular formula is C6H9F3O2. The van der Waals surface area contributed by atoms with Crippen molar-refractivity contribution >= 4 is 0 Å². The SMILES string of the molecule is OC[C@H]1C(C(F)(F)F)[C@@H]1CO. The fourth-order valence-corrected chi connectivity index (χ4v) is 1.43. The molecular weight excluding hydrogens is 161 g/mol. The smallest absolute Gasteiger partial charge is 0.392 e. The van der Waals surface area contributed by atoms with E-state index in [2.05, 4.69) is 0 Å².